The molecule has 2 aromatic rings. The molecule has 0 unspecified atom stereocenters. The van der Waals surface area contributed by atoms with Crippen molar-refractivity contribution in [3.63, 3.8) is 0 Å². The first-order chi connectivity index (χ1) is 9.72. The molecule has 1 saturated heterocycles. The summed E-state index contributed by atoms with van der Waals surface area (Å²) in [6.45, 7) is 3.94. The number of anilines is 1. The van der Waals surface area contributed by atoms with Gasteiger partial charge in [0.05, 0.1) is 5.69 Å². The molecule has 0 aliphatic carbocycles. The Labute approximate surface area is 151 Å². The van der Waals surface area contributed by atoms with Crippen molar-refractivity contribution in [3.8, 4) is 17.0 Å². The highest BCUT2D eigenvalue weighted by Crippen LogP contribution is 2.22. The van der Waals surface area contributed by atoms with Crippen LogP contribution in [0.1, 0.15) is 0 Å². The highest BCUT2D eigenvalue weighted by Gasteiger charge is 2.16. The number of halogens is 2. The van der Waals surface area contributed by atoms with Gasteiger partial charge in [0.25, 0.3) is 0 Å². The molecule has 5 nitrogen and oxygen atoms in total. The molecule has 3 rings (SSSR count). The Bertz CT molecular complexity index is 604. The fourth-order valence-electron chi connectivity index (χ4n) is 2.33. The van der Waals surface area contributed by atoms with Gasteiger partial charge < -0.3 is 14.9 Å². The lowest BCUT2D eigenvalue weighted by molar-refractivity contribution is 0.311. The maximum Gasteiger partial charge on any atom is 0.225 e. The summed E-state index contributed by atoms with van der Waals surface area (Å²) in [5.41, 5.74) is 1.74. The third kappa shape index (κ3) is 4.41. The number of hydrogen-bond donors (Lipinski definition) is 1. The molecule has 0 saturated carbocycles. The van der Waals surface area contributed by atoms with Gasteiger partial charge in [-0.1, -0.05) is 12.1 Å². The predicted octanol–water partition coefficient (Wildman–Crippen LogP) is 2.76. The number of nitrogens with zero attached hydrogens (tertiary/aromatic N) is 4. The van der Waals surface area contributed by atoms with Crippen LogP contribution < -0.4 is 4.90 Å². The summed E-state index contributed by atoms with van der Waals surface area (Å²) in [5.74, 6) is 1.02. The molecule has 1 aromatic carbocycles. The van der Waals surface area contributed by atoms with Crippen molar-refractivity contribution < 1.29 is 5.11 Å². The summed E-state index contributed by atoms with van der Waals surface area (Å²) in [5, 5.41) is 9.56. The molecular formula is C15H20Br2N4O. The van der Waals surface area contributed by atoms with Gasteiger partial charge in [0.1, 0.15) is 5.75 Å². The molecule has 7 heteroatoms. The van der Waals surface area contributed by atoms with Crippen molar-refractivity contribution in [2.24, 2.45) is 0 Å². The summed E-state index contributed by atoms with van der Waals surface area (Å²) in [6.07, 6.45) is 1.78. The standard InChI is InChI=1S/C15H18N4O.2BrH/c1-18-7-9-19(10-8-18)15-16-6-5-14(17-15)12-3-2-4-13(20)11-12;;/h2-6,11,20H,7-10H2,1H3;2*1H. The van der Waals surface area contributed by atoms with Crippen molar-refractivity contribution >= 4 is 39.9 Å². The summed E-state index contributed by atoms with van der Waals surface area (Å²) in [4.78, 5) is 13.5. The molecule has 1 aliphatic rings. The third-order valence-electron chi connectivity index (χ3n) is 3.57. The summed E-state index contributed by atoms with van der Waals surface area (Å²) >= 11 is 0. The fourth-order valence-corrected chi connectivity index (χ4v) is 2.33. The summed E-state index contributed by atoms with van der Waals surface area (Å²) in [6, 6.07) is 9.01. The zero-order valence-corrected chi connectivity index (χ0v) is 15.8. The van der Waals surface area contributed by atoms with Gasteiger partial charge in [-0.2, -0.15) is 0 Å². The van der Waals surface area contributed by atoms with Crippen molar-refractivity contribution in [3.05, 3.63) is 36.5 Å². The molecule has 0 bridgehead atoms. The fraction of sp³-hybridized carbons (Fsp3) is 0.333. The highest BCUT2D eigenvalue weighted by atomic mass is 79.9. The van der Waals surface area contributed by atoms with E-state index in [-0.39, 0.29) is 39.7 Å². The summed E-state index contributed by atoms with van der Waals surface area (Å²) in [7, 11) is 2.13. The van der Waals surface area contributed by atoms with E-state index in [1.807, 2.05) is 18.2 Å². The number of hydrogen-bond acceptors (Lipinski definition) is 5. The average molecular weight is 432 g/mol. The van der Waals surface area contributed by atoms with E-state index >= 15 is 0 Å². The molecule has 0 radical (unpaired) electrons. The quantitative estimate of drug-likeness (QED) is 0.792. The van der Waals surface area contributed by atoms with E-state index in [9.17, 15) is 5.11 Å². The second-order valence-corrected chi connectivity index (χ2v) is 5.08. The van der Waals surface area contributed by atoms with Crippen LogP contribution in [-0.2, 0) is 0 Å². The van der Waals surface area contributed by atoms with E-state index in [0.29, 0.717) is 0 Å². The Hall–Kier alpha value is -1.18. The van der Waals surface area contributed by atoms with E-state index in [1.54, 1.807) is 18.3 Å². The topological polar surface area (TPSA) is 52.5 Å². The van der Waals surface area contributed by atoms with Crippen LogP contribution in [0.3, 0.4) is 0 Å². The van der Waals surface area contributed by atoms with Gasteiger partial charge in [-0.15, -0.1) is 34.0 Å². The maximum atomic E-state index is 9.56. The Balaban J connectivity index is 0.00000121. The lowest BCUT2D eigenvalue weighted by Gasteiger charge is -2.32. The zero-order chi connectivity index (χ0) is 13.9. The van der Waals surface area contributed by atoms with E-state index in [2.05, 4.69) is 26.8 Å². The average Bonchev–Trinajstić information content (AvgIpc) is 2.48. The van der Waals surface area contributed by atoms with Crippen LogP contribution in [0.15, 0.2) is 36.5 Å². The maximum absolute atomic E-state index is 9.56. The molecule has 0 amide bonds. The zero-order valence-electron chi connectivity index (χ0n) is 12.3. The van der Waals surface area contributed by atoms with Gasteiger partial charge in [-0.3, -0.25) is 0 Å². The number of piperazine rings is 1. The monoisotopic (exact) mass is 430 g/mol. The molecule has 1 aromatic heterocycles. The third-order valence-corrected chi connectivity index (χ3v) is 3.57. The Morgan fingerprint density at radius 3 is 2.45 bits per heavy atom. The lowest BCUT2D eigenvalue weighted by Crippen LogP contribution is -2.45. The second kappa shape index (κ2) is 8.45. The smallest absolute Gasteiger partial charge is 0.225 e. The van der Waals surface area contributed by atoms with Gasteiger partial charge in [0, 0.05) is 37.9 Å². The van der Waals surface area contributed by atoms with Crippen LogP contribution in [0.25, 0.3) is 11.3 Å². The minimum Gasteiger partial charge on any atom is -0.508 e. The van der Waals surface area contributed by atoms with Crippen LogP contribution in [0, 0.1) is 0 Å². The Morgan fingerprint density at radius 2 is 1.77 bits per heavy atom. The number of aromatic nitrogens is 2. The van der Waals surface area contributed by atoms with Crippen molar-refractivity contribution in [2.75, 3.05) is 38.1 Å². The van der Waals surface area contributed by atoms with Gasteiger partial charge in [0.2, 0.25) is 5.95 Å². The molecule has 1 fully saturated rings. The van der Waals surface area contributed by atoms with E-state index < -0.39 is 0 Å². The van der Waals surface area contributed by atoms with Crippen LogP contribution in [-0.4, -0.2) is 53.2 Å². The number of likely N-dealkylation sites (N-methyl/N-ethyl adjacent to an activating group) is 1. The largest absolute Gasteiger partial charge is 0.508 e. The van der Waals surface area contributed by atoms with Crippen LogP contribution in [0.2, 0.25) is 0 Å². The number of rotatable bonds is 2. The molecule has 0 spiro atoms. The highest BCUT2D eigenvalue weighted by molar-refractivity contribution is 8.93. The molecule has 120 valence electrons. The Kier molecular flexibility index (Phi) is 7.25. The van der Waals surface area contributed by atoms with Crippen LogP contribution >= 0.6 is 34.0 Å². The molecule has 1 N–H and O–H groups in total. The molecule has 1 aliphatic heterocycles. The van der Waals surface area contributed by atoms with Gasteiger partial charge in [-0.05, 0) is 25.2 Å². The van der Waals surface area contributed by atoms with Crippen LogP contribution in [0.4, 0.5) is 5.95 Å². The van der Waals surface area contributed by atoms with Crippen LogP contribution in [0.5, 0.6) is 5.75 Å². The van der Waals surface area contributed by atoms with Crippen molar-refractivity contribution in [2.45, 2.75) is 0 Å². The first-order valence-electron chi connectivity index (χ1n) is 6.78. The second-order valence-electron chi connectivity index (χ2n) is 5.08. The van der Waals surface area contributed by atoms with E-state index in [1.165, 1.54) is 0 Å². The predicted molar refractivity (Wildman–Crippen MR) is 99.5 cm³/mol. The van der Waals surface area contributed by atoms with Gasteiger partial charge in [-0.25, -0.2) is 9.97 Å². The molecule has 2 heterocycles. The number of phenols is 1. The Morgan fingerprint density at radius 1 is 1.05 bits per heavy atom. The van der Waals surface area contributed by atoms with Crippen molar-refractivity contribution in [1.29, 1.82) is 0 Å². The van der Waals surface area contributed by atoms with Gasteiger partial charge >= 0.3 is 0 Å². The first-order valence-corrected chi connectivity index (χ1v) is 6.78. The molecule has 0 atom stereocenters. The van der Waals surface area contributed by atoms with E-state index in [4.69, 9.17) is 0 Å². The SMILES string of the molecule is Br.Br.CN1CCN(c2nccc(-c3cccc(O)c3)n2)CC1. The normalized spacial score (nSPS) is 14.9. The minimum absolute atomic E-state index is 0. The number of phenolic OH excluding ortho intramolecular Hbond substituents is 1. The molecule has 22 heavy (non-hydrogen) atoms. The van der Waals surface area contributed by atoms with E-state index in [0.717, 1.165) is 43.4 Å². The first kappa shape index (κ1) is 18.9. The number of aromatic hydroxyl groups is 1. The van der Waals surface area contributed by atoms with Crippen molar-refractivity contribution in [1.82, 2.24) is 14.9 Å². The lowest BCUT2D eigenvalue weighted by atomic mass is 10.1. The number of benzene rings is 1. The van der Waals surface area contributed by atoms with Gasteiger partial charge in [0.15, 0.2) is 0 Å². The minimum atomic E-state index is 0. The summed E-state index contributed by atoms with van der Waals surface area (Å²) < 4.78 is 0. The molecular weight excluding hydrogens is 412 g/mol.